The van der Waals surface area contributed by atoms with Gasteiger partial charge in [-0.3, -0.25) is 9.78 Å². The van der Waals surface area contributed by atoms with Crippen LogP contribution >= 0.6 is 11.6 Å². The molecule has 1 saturated heterocycles. The first-order valence-corrected chi connectivity index (χ1v) is 10.4. The van der Waals surface area contributed by atoms with Gasteiger partial charge in [0.2, 0.25) is 0 Å². The van der Waals surface area contributed by atoms with Gasteiger partial charge in [-0.25, -0.2) is 0 Å². The van der Waals surface area contributed by atoms with Crippen LogP contribution in [0.15, 0.2) is 36.5 Å². The lowest BCUT2D eigenvalue weighted by atomic mass is 9.86. The minimum atomic E-state index is -5.00. The fraction of sp³-hybridized carbons (Fsp3) is 0.429. The molecule has 0 saturated carbocycles. The van der Waals surface area contributed by atoms with E-state index in [2.05, 4.69) is 15.0 Å². The summed E-state index contributed by atoms with van der Waals surface area (Å²) in [6.07, 6.45) is -12.5. The molecule has 0 aliphatic carbocycles. The van der Waals surface area contributed by atoms with Gasteiger partial charge in [-0.2, -0.15) is 13.2 Å². The molecule has 14 heteroatoms. The van der Waals surface area contributed by atoms with Gasteiger partial charge in [0.25, 0.3) is 5.91 Å². The minimum Gasteiger partial charge on any atom is -0.406 e. The number of carbonyl (C=O) groups is 1. The monoisotopic (exact) mass is 528 g/mol. The van der Waals surface area contributed by atoms with Crippen molar-refractivity contribution in [1.29, 1.82) is 0 Å². The highest BCUT2D eigenvalue weighted by Crippen LogP contribution is 2.51. The molecule has 3 rings (SSSR count). The van der Waals surface area contributed by atoms with Crippen molar-refractivity contribution in [2.45, 2.75) is 49.6 Å². The first-order valence-electron chi connectivity index (χ1n) is 9.99. The quantitative estimate of drug-likeness (QED) is 0.478. The van der Waals surface area contributed by atoms with Crippen LogP contribution in [-0.4, -0.2) is 52.0 Å². The molecule has 1 aliphatic rings. The topological polar surface area (TPSA) is 101 Å². The van der Waals surface area contributed by atoms with Crippen LogP contribution < -0.4 is 10.1 Å². The summed E-state index contributed by atoms with van der Waals surface area (Å²) in [5.74, 6) is -2.93. The van der Waals surface area contributed by atoms with Crippen LogP contribution in [0.25, 0.3) is 0 Å². The maximum Gasteiger partial charge on any atom is 0.573 e. The molecule has 4 atom stereocenters. The lowest BCUT2D eigenvalue weighted by molar-refractivity contribution is -0.274. The molecule has 1 aromatic heterocycles. The molecule has 3 N–H and O–H groups in total. The smallest absolute Gasteiger partial charge is 0.406 e. The van der Waals surface area contributed by atoms with Crippen molar-refractivity contribution < 1.29 is 50.8 Å². The molecule has 35 heavy (non-hydrogen) atoms. The van der Waals surface area contributed by atoms with E-state index in [1.165, 1.54) is 12.1 Å². The number of halogens is 7. The number of carbonyl (C=O) groups excluding carboxylic acids is 1. The summed E-state index contributed by atoms with van der Waals surface area (Å²) in [5.41, 5.74) is -2.61. The molecule has 0 radical (unpaired) electrons. The van der Waals surface area contributed by atoms with Crippen LogP contribution in [0.2, 0.25) is 5.02 Å². The Labute approximate surface area is 199 Å². The average molecular weight is 529 g/mol. The Kier molecular flexibility index (Phi) is 7.56. The van der Waals surface area contributed by atoms with E-state index >= 15 is 0 Å². The molecular weight excluding hydrogens is 510 g/mol. The van der Waals surface area contributed by atoms with E-state index in [1.807, 2.05) is 0 Å². The van der Waals surface area contributed by atoms with Gasteiger partial charge in [-0.15, -0.1) is 13.2 Å². The Morgan fingerprint density at radius 2 is 1.97 bits per heavy atom. The van der Waals surface area contributed by atoms with Crippen molar-refractivity contribution >= 4 is 23.2 Å². The fourth-order valence-electron chi connectivity index (χ4n) is 3.62. The van der Waals surface area contributed by atoms with Crippen LogP contribution in [0.1, 0.15) is 36.6 Å². The van der Waals surface area contributed by atoms with Crippen molar-refractivity contribution in [2.24, 2.45) is 0 Å². The Bertz CT molecular complexity index is 1070. The van der Waals surface area contributed by atoms with E-state index in [1.54, 1.807) is 0 Å². The van der Waals surface area contributed by atoms with E-state index in [-0.39, 0.29) is 22.0 Å². The molecule has 1 aliphatic heterocycles. The lowest BCUT2D eigenvalue weighted by Gasteiger charge is -2.27. The van der Waals surface area contributed by atoms with Crippen LogP contribution in [0.4, 0.5) is 32.0 Å². The van der Waals surface area contributed by atoms with Crippen LogP contribution in [0.3, 0.4) is 0 Å². The van der Waals surface area contributed by atoms with Gasteiger partial charge in [0.15, 0.2) is 5.60 Å². The van der Waals surface area contributed by atoms with Crippen molar-refractivity contribution in [3.63, 3.8) is 0 Å². The van der Waals surface area contributed by atoms with Crippen LogP contribution in [0.5, 0.6) is 5.75 Å². The third-order valence-electron chi connectivity index (χ3n) is 5.39. The molecule has 1 fully saturated rings. The summed E-state index contributed by atoms with van der Waals surface area (Å²) < 4.78 is 87.5. The molecule has 0 unspecified atom stereocenters. The first-order chi connectivity index (χ1) is 16.1. The predicted molar refractivity (Wildman–Crippen MR) is 110 cm³/mol. The Morgan fingerprint density at radius 1 is 1.29 bits per heavy atom. The normalized spacial score (nSPS) is 23.7. The maximum absolute atomic E-state index is 13.7. The zero-order chi connectivity index (χ0) is 26.2. The highest BCUT2D eigenvalue weighted by atomic mass is 35.5. The third-order valence-corrected chi connectivity index (χ3v) is 5.72. The largest absolute Gasteiger partial charge is 0.573 e. The van der Waals surface area contributed by atoms with Gasteiger partial charge < -0.3 is 25.0 Å². The molecule has 7 nitrogen and oxygen atoms in total. The zero-order valence-corrected chi connectivity index (χ0v) is 18.6. The number of aromatic nitrogens is 1. The second-order valence-electron chi connectivity index (χ2n) is 7.97. The molecule has 2 heterocycles. The van der Waals surface area contributed by atoms with Gasteiger partial charge in [0.1, 0.15) is 18.0 Å². The lowest BCUT2D eigenvalue weighted by Crippen LogP contribution is -2.43. The predicted octanol–water partition coefficient (Wildman–Crippen LogP) is 4.49. The van der Waals surface area contributed by atoms with Gasteiger partial charge in [-0.1, -0.05) is 17.7 Å². The van der Waals surface area contributed by atoms with E-state index in [0.29, 0.717) is 0 Å². The summed E-state index contributed by atoms with van der Waals surface area (Å²) in [6, 6.07) is 5.31. The Hall–Kier alpha value is -2.61. The second kappa shape index (κ2) is 9.80. The van der Waals surface area contributed by atoms with Gasteiger partial charge in [0, 0.05) is 10.9 Å². The van der Waals surface area contributed by atoms with Crippen molar-refractivity contribution in [1.82, 2.24) is 4.98 Å². The minimum absolute atomic E-state index is 0.0335. The molecule has 0 bridgehead atoms. The number of ether oxygens (including phenoxy) is 2. The SMILES string of the molecule is C[C@]1(C(F)(F)F)C[C@@H](c2ccc(OC(F)(F)F)cc2Cl)[C@H](C(=O)Nc2ccc([C@@H](O)CO)nc2)O1. The Morgan fingerprint density at radius 3 is 2.49 bits per heavy atom. The zero-order valence-electron chi connectivity index (χ0n) is 17.8. The number of nitrogens with one attached hydrogen (secondary N) is 1. The van der Waals surface area contributed by atoms with Crippen LogP contribution in [0, 0.1) is 0 Å². The van der Waals surface area contributed by atoms with E-state index < -0.39 is 60.9 Å². The third kappa shape index (κ3) is 6.15. The van der Waals surface area contributed by atoms with Crippen molar-refractivity contribution in [2.75, 3.05) is 11.9 Å². The summed E-state index contributed by atoms with van der Waals surface area (Å²) in [5, 5.41) is 20.5. The number of amides is 1. The summed E-state index contributed by atoms with van der Waals surface area (Å²) >= 11 is 6.07. The molecule has 1 amide bonds. The summed E-state index contributed by atoms with van der Waals surface area (Å²) in [6.45, 7) is 0.162. The number of benzene rings is 1. The van der Waals surface area contributed by atoms with E-state index in [9.17, 15) is 36.2 Å². The van der Waals surface area contributed by atoms with E-state index in [0.717, 1.165) is 31.3 Å². The first kappa shape index (κ1) is 27.0. The summed E-state index contributed by atoms with van der Waals surface area (Å²) in [7, 11) is 0. The number of alkyl halides is 6. The number of hydrogen-bond donors (Lipinski definition) is 3. The van der Waals surface area contributed by atoms with Gasteiger partial charge in [-0.05, 0) is 43.2 Å². The second-order valence-corrected chi connectivity index (χ2v) is 8.38. The number of aliphatic hydroxyl groups excluding tert-OH is 2. The standard InChI is InChI=1S/C21H19ClF6N2O5/c1-19(20(23,24)25)7-13(12-4-3-11(6-14(12)22)34-21(26,27)28)17(35-19)18(33)30-10-2-5-15(29-8-10)16(32)9-31/h2-6,8,13,16-17,31-32H,7,9H2,1H3,(H,30,33)/t13-,16-,17+,19+/m0/s1. The van der Waals surface area contributed by atoms with Gasteiger partial charge in [0.05, 0.1) is 24.2 Å². The Balaban J connectivity index is 1.89. The van der Waals surface area contributed by atoms with E-state index in [4.69, 9.17) is 21.4 Å². The maximum atomic E-state index is 13.7. The summed E-state index contributed by atoms with van der Waals surface area (Å²) in [4.78, 5) is 16.8. The fourth-order valence-corrected chi connectivity index (χ4v) is 3.93. The van der Waals surface area contributed by atoms with Crippen molar-refractivity contribution in [3.8, 4) is 5.75 Å². The van der Waals surface area contributed by atoms with Crippen LogP contribution in [-0.2, 0) is 9.53 Å². The molecule has 0 spiro atoms. The average Bonchev–Trinajstić information content (AvgIpc) is 3.11. The van der Waals surface area contributed by atoms with Gasteiger partial charge >= 0.3 is 12.5 Å². The molecular formula is C21H19ClF6N2O5. The number of pyridine rings is 1. The highest BCUT2D eigenvalue weighted by Gasteiger charge is 2.61. The number of anilines is 1. The number of hydrogen-bond acceptors (Lipinski definition) is 6. The number of nitrogens with zero attached hydrogens (tertiary/aromatic N) is 1. The molecule has 192 valence electrons. The number of rotatable bonds is 6. The highest BCUT2D eigenvalue weighted by molar-refractivity contribution is 6.31. The van der Waals surface area contributed by atoms with Crippen molar-refractivity contribution in [3.05, 3.63) is 52.8 Å². The molecule has 1 aromatic carbocycles. The molecule has 2 aromatic rings. The number of aliphatic hydroxyl groups is 2.